The molecular weight excluding hydrogens is 286 g/mol. The average molecular weight is 309 g/mol. The molecule has 1 fully saturated rings. The zero-order chi connectivity index (χ0) is 15.5. The Morgan fingerprint density at radius 1 is 1.57 bits per heavy atom. The number of hydrogen-bond donors (Lipinski definition) is 2. The van der Waals surface area contributed by atoms with E-state index in [1.54, 1.807) is 0 Å². The highest BCUT2D eigenvalue weighted by Gasteiger charge is 2.39. The van der Waals surface area contributed by atoms with E-state index in [4.69, 9.17) is 5.73 Å². The smallest absolute Gasteiger partial charge is 0.225 e. The highest BCUT2D eigenvalue weighted by Crippen LogP contribution is 2.33. The van der Waals surface area contributed by atoms with Gasteiger partial charge in [0.1, 0.15) is 11.6 Å². The van der Waals surface area contributed by atoms with Gasteiger partial charge >= 0.3 is 0 Å². The van der Waals surface area contributed by atoms with Crippen molar-refractivity contribution >= 4 is 29.3 Å². The molecule has 0 aromatic carbocycles. The van der Waals surface area contributed by atoms with Crippen molar-refractivity contribution in [3.05, 3.63) is 6.07 Å². The number of nitrogens with one attached hydrogen (secondary N) is 1. The first-order chi connectivity index (χ1) is 9.98. The third-order valence-corrected chi connectivity index (χ3v) is 4.37. The number of hydrogen-bond acceptors (Lipinski definition) is 6. The van der Waals surface area contributed by atoms with Crippen molar-refractivity contribution in [3.8, 4) is 0 Å². The topological polar surface area (TPSA) is 84.1 Å². The summed E-state index contributed by atoms with van der Waals surface area (Å²) in [6.45, 7) is 6.31. The number of primary amides is 1. The zero-order valence-corrected chi connectivity index (χ0v) is 13.7. The van der Waals surface area contributed by atoms with Gasteiger partial charge in [0.25, 0.3) is 0 Å². The number of thioether (sulfide) groups is 1. The molecule has 1 aliphatic heterocycles. The second-order valence-corrected chi connectivity index (χ2v) is 6.39. The van der Waals surface area contributed by atoms with Gasteiger partial charge in [0.2, 0.25) is 5.91 Å². The van der Waals surface area contributed by atoms with E-state index < -0.39 is 5.41 Å². The van der Waals surface area contributed by atoms with Crippen molar-refractivity contribution in [1.82, 2.24) is 9.97 Å². The van der Waals surface area contributed by atoms with E-state index in [0.717, 1.165) is 42.7 Å². The van der Waals surface area contributed by atoms with Crippen LogP contribution >= 0.6 is 11.8 Å². The van der Waals surface area contributed by atoms with Crippen LogP contribution in [-0.4, -0.2) is 41.8 Å². The molecule has 0 spiro atoms. The number of anilines is 2. The third-order valence-electron chi connectivity index (χ3n) is 3.82. The molecule has 7 heteroatoms. The van der Waals surface area contributed by atoms with Gasteiger partial charge in [-0.3, -0.25) is 4.79 Å². The predicted molar refractivity (Wildman–Crippen MR) is 86.7 cm³/mol. The first-order valence-corrected chi connectivity index (χ1v) is 8.43. The molecule has 1 saturated heterocycles. The van der Waals surface area contributed by atoms with Crippen LogP contribution in [0.3, 0.4) is 0 Å². The summed E-state index contributed by atoms with van der Waals surface area (Å²) in [5.74, 6) is 1.45. The van der Waals surface area contributed by atoms with Gasteiger partial charge in [0.15, 0.2) is 5.16 Å². The number of aromatic nitrogens is 2. The van der Waals surface area contributed by atoms with Crippen LogP contribution < -0.4 is 16.0 Å². The number of carbonyl (C=O) groups is 1. The van der Waals surface area contributed by atoms with E-state index >= 15 is 0 Å². The van der Waals surface area contributed by atoms with Crippen molar-refractivity contribution in [1.29, 1.82) is 0 Å². The van der Waals surface area contributed by atoms with E-state index in [9.17, 15) is 4.79 Å². The van der Waals surface area contributed by atoms with Gasteiger partial charge in [-0.1, -0.05) is 18.7 Å². The maximum absolute atomic E-state index is 11.6. The minimum Gasteiger partial charge on any atom is -0.370 e. The van der Waals surface area contributed by atoms with Crippen LogP contribution in [0.2, 0.25) is 0 Å². The van der Waals surface area contributed by atoms with E-state index in [1.807, 2.05) is 19.2 Å². The first kappa shape index (κ1) is 15.9. The largest absolute Gasteiger partial charge is 0.370 e. The fraction of sp³-hybridized carbons (Fsp3) is 0.643. The lowest BCUT2D eigenvalue weighted by atomic mass is 9.89. The highest BCUT2D eigenvalue weighted by molar-refractivity contribution is 7.98. The zero-order valence-electron chi connectivity index (χ0n) is 12.8. The summed E-state index contributed by atoms with van der Waals surface area (Å²) in [6.07, 6.45) is 3.76. The lowest BCUT2D eigenvalue weighted by molar-refractivity contribution is -0.125. The lowest BCUT2D eigenvalue weighted by Crippen LogP contribution is -2.37. The monoisotopic (exact) mass is 309 g/mol. The third kappa shape index (κ3) is 3.58. The van der Waals surface area contributed by atoms with Crippen LogP contribution in [0, 0.1) is 5.41 Å². The summed E-state index contributed by atoms with van der Waals surface area (Å²) in [6, 6.07) is 1.95. The van der Waals surface area contributed by atoms with E-state index in [1.165, 1.54) is 11.8 Å². The fourth-order valence-corrected chi connectivity index (χ4v) is 2.74. The van der Waals surface area contributed by atoms with Gasteiger partial charge in [-0.05, 0) is 26.0 Å². The molecule has 0 saturated carbocycles. The van der Waals surface area contributed by atoms with Gasteiger partial charge < -0.3 is 16.0 Å². The summed E-state index contributed by atoms with van der Waals surface area (Å²) in [5, 5.41) is 4.03. The molecular formula is C14H23N5OS. The van der Waals surface area contributed by atoms with Gasteiger partial charge in [-0.2, -0.15) is 0 Å². The number of amides is 1. The standard InChI is InChI=1S/C14H23N5OS/c1-4-6-16-10-8-11(18-13(17-10)21-3)19-7-5-14(2,9-19)12(15)20/h8H,4-7,9H2,1-3H3,(H2,15,20)(H,16,17,18). The molecule has 0 bridgehead atoms. The van der Waals surface area contributed by atoms with Gasteiger partial charge in [0.05, 0.1) is 5.41 Å². The molecule has 1 unspecified atom stereocenters. The molecule has 21 heavy (non-hydrogen) atoms. The Hall–Kier alpha value is -1.50. The van der Waals surface area contributed by atoms with Gasteiger partial charge in [-0.25, -0.2) is 9.97 Å². The summed E-state index contributed by atoms with van der Waals surface area (Å²) in [5.41, 5.74) is 5.04. The van der Waals surface area contributed by atoms with Crippen molar-refractivity contribution in [2.45, 2.75) is 31.8 Å². The SMILES string of the molecule is CCCNc1cc(N2CCC(C)(C(N)=O)C2)nc(SC)n1. The van der Waals surface area contributed by atoms with Crippen LogP contribution in [0.25, 0.3) is 0 Å². The molecule has 2 rings (SSSR count). The van der Waals surface area contributed by atoms with E-state index in [2.05, 4.69) is 27.1 Å². The van der Waals surface area contributed by atoms with Crippen LogP contribution in [0.15, 0.2) is 11.2 Å². The molecule has 1 atom stereocenters. The number of nitrogens with zero attached hydrogens (tertiary/aromatic N) is 3. The Morgan fingerprint density at radius 3 is 2.90 bits per heavy atom. The minimum absolute atomic E-state index is 0.242. The molecule has 1 aromatic heterocycles. The Balaban J connectivity index is 2.21. The molecule has 2 heterocycles. The maximum atomic E-state index is 11.6. The predicted octanol–water partition coefficient (Wildman–Crippen LogP) is 1.72. The molecule has 0 aliphatic carbocycles. The number of carbonyl (C=O) groups excluding carboxylic acids is 1. The van der Waals surface area contributed by atoms with Crippen molar-refractivity contribution in [3.63, 3.8) is 0 Å². The van der Waals surface area contributed by atoms with Crippen LogP contribution in [0.5, 0.6) is 0 Å². The molecule has 0 radical (unpaired) electrons. The van der Waals surface area contributed by atoms with Crippen LogP contribution in [0.1, 0.15) is 26.7 Å². The Kier molecular flexibility index (Phi) is 4.92. The average Bonchev–Trinajstić information content (AvgIpc) is 2.89. The van der Waals surface area contributed by atoms with E-state index in [0.29, 0.717) is 6.54 Å². The van der Waals surface area contributed by atoms with Crippen LogP contribution in [-0.2, 0) is 4.79 Å². The quantitative estimate of drug-likeness (QED) is 0.615. The Labute approximate surface area is 129 Å². The second kappa shape index (κ2) is 6.51. The molecule has 1 aliphatic rings. The minimum atomic E-state index is -0.471. The van der Waals surface area contributed by atoms with E-state index in [-0.39, 0.29) is 5.91 Å². The number of rotatable bonds is 6. The maximum Gasteiger partial charge on any atom is 0.225 e. The summed E-state index contributed by atoms with van der Waals surface area (Å²) < 4.78 is 0. The van der Waals surface area contributed by atoms with Crippen molar-refractivity contribution < 1.29 is 4.79 Å². The molecule has 3 N–H and O–H groups in total. The number of nitrogens with two attached hydrogens (primary N) is 1. The Morgan fingerprint density at radius 2 is 2.33 bits per heavy atom. The first-order valence-electron chi connectivity index (χ1n) is 7.20. The highest BCUT2D eigenvalue weighted by atomic mass is 32.2. The van der Waals surface area contributed by atoms with Crippen molar-refractivity contribution in [2.24, 2.45) is 11.1 Å². The van der Waals surface area contributed by atoms with Crippen molar-refractivity contribution in [2.75, 3.05) is 36.1 Å². The summed E-state index contributed by atoms with van der Waals surface area (Å²) in [7, 11) is 0. The van der Waals surface area contributed by atoms with Crippen LogP contribution in [0.4, 0.5) is 11.6 Å². The molecule has 116 valence electrons. The van der Waals surface area contributed by atoms with Gasteiger partial charge in [0, 0.05) is 25.7 Å². The molecule has 1 aromatic rings. The van der Waals surface area contributed by atoms with Gasteiger partial charge in [-0.15, -0.1) is 0 Å². The molecule has 1 amide bonds. The Bertz CT molecular complexity index is 524. The summed E-state index contributed by atoms with van der Waals surface area (Å²) >= 11 is 1.52. The summed E-state index contributed by atoms with van der Waals surface area (Å²) in [4.78, 5) is 22.7. The normalized spacial score (nSPS) is 21.6. The fourth-order valence-electron chi connectivity index (χ4n) is 2.37. The lowest BCUT2D eigenvalue weighted by Gasteiger charge is -2.22. The second-order valence-electron chi connectivity index (χ2n) is 5.62. The molecule has 6 nitrogen and oxygen atoms in total.